The fraction of sp³-hybridized carbons (Fsp3) is 0.857. The maximum Gasteiger partial charge on any atom is 0.339 e. The van der Waals surface area contributed by atoms with Crippen molar-refractivity contribution in [3.63, 3.8) is 0 Å². The van der Waals surface area contributed by atoms with Crippen LogP contribution in [0.1, 0.15) is 64.2 Å². The van der Waals surface area contributed by atoms with Crippen molar-refractivity contribution in [2.45, 2.75) is 69.0 Å². The molecule has 2 saturated carbocycles. The molecule has 0 atom stereocenters. The first-order valence-corrected chi connectivity index (χ1v) is 9.10. The number of hydrogen-bond acceptors (Lipinski definition) is 3. The van der Waals surface area contributed by atoms with E-state index in [0.717, 1.165) is 38.5 Å². The number of nitrogens with zero attached hydrogens (tertiary/aromatic N) is 2. The Morgan fingerprint density at radius 2 is 1.57 bits per heavy atom. The molecule has 2 aliphatic carbocycles. The second-order valence-corrected chi connectivity index (χ2v) is 7.91. The number of ketones is 1. The average molecular weight is 314 g/mol. The van der Waals surface area contributed by atoms with E-state index in [1.54, 1.807) is 0 Å². The Hall–Kier alpha value is -1.04. The minimum atomic E-state index is -4.52. The highest BCUT2D eigenvalue weighted by atomic mass is 32.2. The molecule has 0 saturated heterocycles. The summed E-state index contributed by atoms with van der Waals surface area (Å²) in [7, 11) is -4.52. The Kier molecular flexibility index (Phi) is 4.96. The normalized spacial score (nSPS) is 23.3. The van der Waals surface area contributed by atoms with Crippen LogP contribution in [0.4, 0.5) is 0 Å². The molecule has 2 aliphatic rings. The Bertz CT molecular complexity index is 552. The third-order valence-corrected chi connectivity index (χ3v) is 6.48. The summed E-state index contributed by atoms with van der Waals surface area (Å²) in [4.78, 5) is 15.9. The molecule has 0 amide bonds. The van der Waals surface area contributed by atoms with Gasteiger partial charge in [0, 0.05) is 0 Å². The molecule has 0 aromatic heterocycles. The van der Waals surface area contributed by atoms with E-state index in [1.807, 2.05) is 0 Å². The van der Waals surface area contributed by atoms with Gasteiger partial charge in [-0.25, -0.2) is 0 Å². The van der Waals surface area contributed by atoms with E-state index >= 15 is 0 Å². The highest BCUT2D eigenvalue weighted by Crippen LogP contribution is 2.37. The summed E-state index contributed by atoms with van der Waals surface area (Å²) in [5, 5.41) is 0. The predicted octanol–water partition coefficient (Wildman–Crippen LogP) is 2.40. The number of rotatable bonds is 4. The quantitative estimate of drug-likeness (QED) is 0.372. The van der Waals surface area contributed by atoms with Gasteiger partial charge in [-0.15, -0.1) is 0 Å². The lowest BCUT2D eigenvalue weighted by Gasteiger charge is -2.32. The summed E-state index contributed by atoms with van der Waals surface area (Å²) in [6.45, 7) is 0. The molecular formula is C14H22N2O4S. The van der Waals surface area contributed by atoms with Crippen LogP contribution in [0.15, 0.2) is 0 Å². The Balaban J connectivity index is 2.35. The molecule has 7 heteroatoms. The van der Waals surface area contributed by atoms with Gasteiger partial charge >= 0.3 is 5.71 Å². The summed E-state index contributed by atoms with van der Waals surface area (Å²) in [6.07, 6.45) is 6.63. The zero-order valence-corrected chi connectivity index (χ0v) is 12.9. The monoisotopic (exact) mass is 314 g/mol. The summed E-state index contributed by atoms with van der Waals surface area (Å²) in [6, 6.07) is 0. The molecule has 21 heavy (non-hydrogen) atoms. The zero-order valence-electron chi connectivity index (χ0n) is 12.1. The van der Waals surface area contributed by atoms with Crippen LogP contribution in [0, 0.1) is 5.92 Å². The molecule has 0 spiro atoms. The zero-order chi connectivity index (χ0) is 15.5. The van der Waals surface area contributed by atoms with Crippen LogP contribution in [-0.4, -0.2) is 34.0 Å². The molecule has 0 aromatic carbocycles. The SMILES string of the molecule is [N-]=[N+]=C(C(=O)C1(S(=O)(=O)O)CCCCC1)C1CCCCC1. The minimum Gasteiger partial charge on any atom is -0.361 e. The molecule has 118 valence electrons. The molecule has 0 aromatic rings. The van der Waals surface area contributed by atoms with E-state index in [2.05, 4.69) is 4.79 Å². The molecule has 2 fully saturated rings. The van der Waals surface area contributed by atoms with Crippen LogP contribution < -0.4 is 0 Å². The van der Waals surface area contributed by atoms with Crippen LogP contribution in [-0.2, 0) is 14.9 Å². The third-order valence-electron chi connectivity index (χ3n) is 4.90. The highest BCUT2D eigenvalue weighted by molar-refractivity contribution is 7.88. The molecule has 2 rings (SSSR count). The van der Waals surface area contributed by atoms with Crippen molar-refractivity contribution in [2.24, 2.45) is 5.92 Å². The van der Waals surface area contributed by atoms with Crippen molar-refractivity contribution in [3.05, 3.63) is 5.53 Å². The summed E-state index contributed by atoms with van der Waals surface area (Å²) in [5.41, 5.74) is 9.19. The van der Waals surface area contributed by atoms with Crippen molar-refractivity contribution < 1.29 is 22.6 Å². The first-order chi connectivity index (χ1) is 9.92. The fourth-order valence-corrected chi connectivity index (χ4v) is 4.79. The fourth-order valence-electron chi connectivity index (χ4n) is 3.65. The molecule has 0 bridgehead atoms. The second-order valence-electron chi connectivity index (χ2n) is 6.18. The Labute approximate surface area is 125 Å². The van der Waals surface area contributed by atoms with Crippen molar-refractivity contribution >= 4 is 21.6 Å². The standard InChI is InChI=1S/C14H22N2O4S/c15-16-12(11-7-3-1-4-8-11)13(17)14(21(18,19)20)9-5-2-6-10-14/h11H,1-10H2,(H,18,19,20). The van der Waals surface area contributed by atoms with Gasteiger partial charge in [0.1, 0.15) is 0 Å². The van der Waals surface area contributed by atoms with Gasteiger partial charge in [-0.05, 0) is 25.7 Å². The van der Waals surface area contributed by atoms with Crippen molar-refractivity contribution in [1.29, 1.82) is 0 Å². The largest absolute Gasteiger partial charge is 0.361 e. The van der Waals surface area contributed by atoms with E-state index in [9.17, 15) is 23.3 Å². The lowest BCUT2D eigenvalue weighted by molar-refractivity contribution is -0.121. The van der Waals surface area contributed by atoms with Gasteiger partial charge in [-0.3, -0.25) is 9.35 Å². The summed E-state index contributed by atoms with van der Waals surface area (Å²) >= 11 is 0. The molecule has 0 radical (unpaired) electrons. The lowest BCUT2D eigenvalue weighted by Crippen LogP contribution is -2.52. The lowest BCUT2D eigenvalue weighted by atomic mass is 9.77. The second kappa shape index (κ2) is 6.38. The Morgan fingerprint density at radius 3 is 2.05 bits per heavy atom. The Morgan fingerprint density at radius 1 is 1.05 bits per heavy atom. The smallest absolute Gasteiger partial charge is 0.339 e. The van der Waals surface area contributed by atoms with Crippen LogP contribution in [0.3, 0.4) is 0 Å². The molecule has 0 heterocycles. The third kappa shape index (κ3) is 3.10. The van der Waals surface area contributed by atoms with Crippen molar-refractivity contribution in [1.82, 2.24) is 0 Å². The average Bonchev–Trinajstić information content (AvgIpc) is 2.48. The molecule has 0 aliphatic heterocycles. The van der Waals surface area contributed by atoms with Gasteiger partial charge in [0.25, 0.3) is 15.9 Å². The summed E-state index contributed by atoms with van der Waals surface area (Å²) < 4.78 is 31.5. The first-order valence-electron chi connectivity index (χ1n) is 7.66. The van der Waals surface area contributed by atoms with Crippen LogP contribution >= 0.6 is 0 Å². The van der Waals surface area contributed by atoms with Crippen molar-refractivity contribution in [3.8, 4) is 0 Å². The van der Waals surface area contributed by atoms with Crippen LogP contribution in [0.2, 0.25) is 0 Å². The minimum absolute atomic E-state index is 0.0609. The molecule has 0 unspecified atom stereocenters. The van der Waals surface area contributed by atoms with Crippen molar-refractivity contribution in [2.75, 3.05) is 0 Å². The highest BCUT2D eigenvalue weighted by Gasteiger charge is 2.55. The van der Waals surface area contributed by atoms with E-state index in [1.165, 1.54) is 0 Å². The number of carbonyl (C=O) groups is 1. The maximum absolute atomic E-state index is 12.8. The molecule has 6 nitrogen and oxygen atoms in total. The maximum atomic E-state index is 12.8. The van der Waals surface area contributed by atoms with Gasteiger partial charge in [0.05, 0.1) is 5.92 Å². The van der Waals surface area contributed by atoms with E-state index in [4.69, 9.17) is 0 Å². The van der Waals surface area contributed by atoms with Gasteiger partial charge in [-0.2, -0.15) is 13.2 Å². The number of Topliss-reactive ketones (excluding diaryl/α,β-unsaturated/α-hetero) is 1. The van der Waals surface area contributed by atoms with Gasteiger partial charge in [-0.1, -0.05) is 38.5 Å². The molecular weight excluding hydrogens is 292 g/mol. The first kappa shape index (κ1) is 16.3. The summed E-state index contributed by atoms with van der Waals surface area (Å²) in [5.74, 6) is -0.893. The van der Waals surface area contributed by atoms with E-state index in [0.29, 0.717) is 12.8 Å². The van der Waals surface area contributed by atoms with Crippen LogP contribution in [0.5, 0.6) is 0 Å². The van der Waals surface area contributed by atoms with E-state index < -0.39 is 20.6 Å². The van der Waals surface area contributed by atoms with E-state index in [-0.39, 0.29) is 24.5 Å². The number of hydrogen-bond donors (Lipinski definition) is 1. The van der Waals surface area contributed by atoms with Crippen LogP contribution in [0.25, 0.3) is 5.53 Å². The van der Waals surface area contributed by atoms with Gasteiger partial charge in [0.2, 0.25) is 0 Å². The topological polar surface area (TPSA) is 108 Å². The number of carbonyl (C=O) groups excluding carboxylic acids is 1. The van der Waals surface area contributed by atoms with Gasteiger partial charge in [0.15, 0.2) is 4.75 Å². The predicted molar refractivity (Wildman–Crippen MR) is 77.6 cm³/mol. The van der Waals surface area contributed by atoms with Gasteiger partial charge < -0.3 is 5.53 Å². The molecule has 1 N–H and O–H groups in total.